The zero-order valence-electron chi connectivity index (χ0n) is 20.1. The van der Waals surface area contributed by atoms with Crippen LogP contribution in [0, 0.1) is 5.82 Å². The van der Waals surface area contributed by atoms with Gasteiger partial charge in [-0.2, -0.15) is 0 Å². The van der Waals surface area contributed by atoms with Crippen molar-refractivity contribution >= 4 is 41.8 Å². The van der Waals surface area contributed by atoms with E-state index in [0.717, 1.165) is 32.5 Å². The van der Waals surface area contributed by atoms with Gasteiger partial charge < -0.3 is 28.3 Å². The van der Waals surface area contributed by atoms with Crippen molar-refractivity contribution in [2.45, 2.75) is 39.7 Å². The van der Waals surface area contributed by atoms with E-state index in [4.69, 9.17) is 14.0 Å². The number of likely N-dealkylation sites (N-methyl/N-ethyl adjacent to an activating group) is 1. The molecule has 0 saturated carbocycles. The molecule has 1 saturated heterocycles. The van der Waals surface area contributed by atoms with Crippen LogP contribution in [0.5, 0.6) is 0 Å². The Morgan fingerprint density at radius 2 is 1.69 bits per heavy atom. The highest BCUT2D eigenvalue weighted by atomic mass is 19.1. The molecule has 186 valence electrons. The Kier molecular flexibility index (Phi) is 6.84. The molecule has 1 unspecified atom stereocenters. The lowest BCUT2D eigenvalue weighted by molar-refractivity contribution is -0.139. The van der Waals surface area contributed by atoms with Gasteiger partial charge in [0.2, 0.25) is 5.43 Å². The Morgan fingerprint density at radius 3 is 2.29 bits per heavy atom. The number of hydrogen-bond donors (Lipinski definition) is 0. The van der Waals surface area contributed by atoms with Crippen LogP contribution in [0.2, 0.25) is 0 Å². The standard InChI is InChI=1S/C23H27BFN3O7/c1-13-5-6-16-20-17(11-19(25)21(16)27-9-7-26(4)8-10-27)22(31)18(12-28(13)20)23(32)35-24(33-14(2)29)34-15(3)30/h11-13H,5-10H2,1-4H3. The van der Waals surface area contributed by atoms with E-state index in [0.29, 0.717) is 37.1 Å². The summed E-state index contributed by atoms with van der Waals surface area (Å²) in [4.78, 5) is 52.9. The number of aryl methyl sites for hydroxylation is 1. The fourth-order valence-electron chi connectivity index (χ4n) is 4.65. The van der Waals surface area contributed by atoms with Crippen molar-refractivity contribution in [1.82, 2.24) is 9.47 Å². The number of halogens is 1. The summed E-state index contributed by atoms with van der Waals surface area (Å²) in [6.07, 6.45) is 2.67. The Balaban J connectivity index is 1.80. The maximum absolute atomic E-state index is 15.5. The van der Waals surface area contributed by atoms with Gasteiger partial charge in [-0.15, -0.1) is 0 Å². The number of pyridine rings is 1. The number of carbonyl (C=O) groups excluding carboxylic acids is 3. The predicted molar refractivity (Wildman–Crippen MR) is 126 cm³/mol. The van der Waals surface area contributed by atoms with Gasteiger partial charge in [-0.1, -0.05) is 0 Å². The highest BCUT2D eigenvalue weighted by Crippen LogP contribution is 2.38. The highest BCUT2D eigenvalue weighted by molar-refractivity contribution is 6.44. The topological polar surface area (TPSA) is 107 Å². The van der Waals surface area contributed by atoms with Crippen molar-refractivity contribution in [2.75, 3.05) is 38.1 Å². The summed E-state index contributed by atoms with van der Waals surface area (Å²) >= 11 is 0. The summed E-state index contributed by atoms with van der Waals surface area (Å²) in [5, 5.41) is 0.0629. The van der Waals surface area contributed by atoms with Crippen molar-refractivity contribution in [3.8, 4) is 0 Å². The average molecular weight is 487 g/mol. The van der Waals surface area contributed by atoms with Crippen molar-refractivity contribution in [2.24, 2.45) is 0 Å². The zero-order valence-corrected chi connectivity index (χ0v) is 20.1. The smallest absolute Gasteiger partial charge is 0.462 e. The van der Waals surface area contributed by atoms with Gasteiger partial charge in [0.15, 0.2) is 0 Å². The molecule has 1 atom stereocenters. The molecule has 0 radical (unpaired) electrons. The third kappa shape index (κ3) is 4.88. The van der Waals surface area contributed by atoms with Crippen LogP contribution in [0.3, 0.4) is 0 Å². The van der Waals surface area contributed by atoms with Crippen molar-refractivity contribution in [3.05, 3.63) is 39.4 Å². The van der Waals surface area contributed by atoms with E-state index in [1.54, 1.807) is 4.57 Å². The Bertz CT molecular complexity index is 1240. The number of rotatable bonds is 5. The van der Waals surface area contributed by atoms with Crippen LogP contribution < -0.4 is 10.3 Å². The largest absolute Gasteiger partial charge is 0.870 e. The van der Waals surface area contributed by atoms with E-state index >= 15 is 4.39 Å². The van der Waals surface area contributed by atoms with Crippen LogP contribution in [-0.2, 0) is 30.0 Å². The van der Waals surface area contributed by atoms with E-state index in [1.165, 1.54) is 12.3 Å². The molecular weight excluding hydrogens is 460 g/mol. The van der Waals surface area contributed by atoms with Gasteiger partial charge in [-0.3, -0.25) is 14.4 Å². The lowest BCUT2D eigenvalue weighted by Crippen LogP contribution is -2.45. The molecule has 12 heteroatoms. The number of nitrogens with zero attached hydrogens (tertiary/aromatic N) is 3. The van der Waals surface area contributed by atoms with Gasteiger partial charge in [0, 0.05) is 63.2 Å². The molecule has 1 aromatic heterocycles. The molecular formula is C23H27BFN3O7. The number of hydrogen-bond acceptors (Lipinski definition) is 9. The quantitative estimate of drug-likeness (QED) is 0.582. The Hall–Kier alpha value is -3.41. The van der Waals surface area contributed by atoms with Crippen LogP contribution in [-0.4, -0.2) is 67.9 Å². The fourth-order valence-corrected chi connectivity index (χ4v) is 4.65. The van der Waals surface area contributed by atoms with Crippen molar-refractivity contribution < 1.29 is 32.7 Å². The molecule has 0 bridgehead atoms. The molecule has 2 aromatic rings. The number of piperazine rings is 1. The second kappa shape index (κ2) is 9.69. The summed E-state index contributed by atoms with van der Waals surface area (Å²) in [6.45, 7) is 6.98. The lowest BCUT2D eigenvalue weighted by atomic mass is 9.93. The van der Waals surface area contributed by atoms with Crippen LogP contribution in [0.15, 0.2) is 17.1 Å². The van der Waals surface area contributed by atoms with Gasteiger partial charge in [-0.05, 0) is 32.9 Å². The SMILES string of the molecule is CC(=O)OB(OC(C)=O)OC(=O)c1cn2c3c(c(N4CCN(C)CC4)c(F)cc3c1=O)CCC2C. The molecule has 1 aromatic carbocycles. The summed E-state index contributed by atoms with van der Waals surface area (Å²) in [7, 11) is 0.0734. The van der Waals surface area contributed by atoms with Crippen LogP contribution in [0.1, 0.15) is 49.2 Å². The minimum absolute atomic E-state index is 0.0629. The fraction of sp³-hybridized carbons (Fsp3) is 0.478. The Morgan fingerprint density at radius 1 is 1.06 bits per heavy atom. The first-order valence-corrected chi connectivity index (χ1v) is 11.5. The average Bonchev–Trinajstić information content (AvgIpc) is 2.77. The zero-order chi connectivity index (χ0) is 25.4. The summed E-state index contributed by atoms with van der Waals surface area (Å²) < 4.78 is 31.6. The number of carbonyl (C=O) groups is 3. The van der Waals surface area contributed by atoms with Crippen LogP contribution in [0.4, 0.5) is 10.1 Å². The van der Waals surface area contributed by atoms with Crippen LogP contribution >= 0.6 is 0 Å². The first-order valence-electron chi connectivity index (χ1n) is 11.5. The second-order valence-electron chi connectivity index (χ2n) is 8.95. The third-order valence-corrected chi connectivity index (χ3v) is 6.39. The van der Waals surface area contributed by atoms with Gasteiger partial charge in [0.05, 0.1) is 11.2 Å². The van der Waals surface area contributed by atoms with Crippen LogP contribution in [0.25, 0.3) is 10.9 Å². The molecule has 2 aliphatic rings. The molecule has 0 aliphatic carbocycles. The number of benzene rings is 1. The summed E-state index contributed by atoms with van der Waals surface area (Å²) in [6, 6.07) is 1.11. The minimum Gasteiger partial charge on any atom is -0.462 e. The molecule has 2 aliphatic heterocycles. The number of anilines is 1. The third-order valence-electron chi connectivity index (χ3n) is 6.39. The molecule has 35 heavy (non-hydrogen) atoms. The predicted octanol–water partition coefficient (Wildman–Crippen LogP) is 1.67. The maximum atomic E-state index is 15.5. The normalized spacial score (nSPS) is 17.7. The molecule has 0 N–H and O–H groups in total. The van der Waals surface area contributed by atoms with E-state index in [9.17, 15) is 19.2 Å². The molecule has 3 heterocycles. The van der Waals surface area contributed by atoms with Gasteiger partial charge in [0.25, 0.3) is 11.9 Å². The highest BCUT2D eigenvalue weighted by Gasteiger charge is 2.37. The van der Waals surface area contributed by atoms with Crippen molar-refractivity contribution in [1.29, 1.82) is 0 Å². The monoisotopic (exact) mass is 487 g/mol. The second-order valence-corrected chi connectivity index (χ2v) is 8.95. The van der Waals surface area contributed by atoms with Gasteiger partial charge >= 0.3 is 13.3 Å². The molecule has 1 fully saturated rings. The molecule has 0 spiro atoms. The van der Waals surface area contributed by atoms with E-state index in [2.05, 4.69) is 4.90 Å². The maximum Gasteiger partial charge on any atom is 0.870 e. The Labute approximate surface area is 201 Å². The molecule has 10 nitrogen and oxygen atoms in total. The van der Waals surface area contributed by atoms with Gasteiger partial charge in [-0.25, -0.2) is 9.18 Å². The lowest BCUT2D eigenvalue weighted by Gasteiger charge is -2.37. The first-order chi connectivity index (χ1) is 16.6. The first kappa shape index (κ1) is 24.7. The molecule has 0 amide bonds. The molecule has 4 rings (SSSR count). The van der Waals surface area contributed by atoms with Crippen molar-refractivity contribution in [3.63, 3.8) is 0 Å². The summed E-state index contributed by atoms with van der Waals surface area (Å²) in [5.41, 5.74) is 0.748. The summed E-state index contributed by atoms with van der Waals surface area (Å²) in [5.74, 6) is -3.38. The minimum atomic E-state index is -1.95. The van der Waals surface area contributed by atoms with Gasteiger partial charge in [0.1, 0.15) is 11.4 Å². The van der Waals surface area contributed by atoms with E-state index in [1.807, 2.05) is 18.9 Å². The van der Waals surface area contributed by atoms with E-state index < -0.39 is 36.5 Å². The number of aromatic nitrogens is 1. The van der Waals surface area contributed by atoms with E-state index in [-0.39, 0.29) is 17.0 Å².